The Bertz CT molecular complexity index is 523. The van der Waals surface area contributed by atoms with E-state index in [0.29, 0.717) is 11.4 Å². The smallest absolute Gasteiger partial charge is 0.337 e. The maximum Gasteiger partial charge on any atom is 0.337 e. The molecule has 0 saturated heterocycles. The van der Waals surface area contributed by atoms with Crippen molar-refractivity contribution < 1.29 is 9.53 Å². The highest BCUT2D eigenvalue weighted by molar-refractivity contribution is 5.94. The third-order valence-corrected chi connectivity index (χ3v) is 2.13. The van der Waals surface area contributed by atoms with Gasteiger partial charge in [0.1, 0.15) is 5.82 Å². The maximum absolute atomic E-state index is 11.3. The first kappa shape index (κ1) is 9.45. The number of hydrogen-bond acceptors (Lipinski definition) is 4. The van der Waals surface area contributed by atoms with E-state index >= 15 is 0 Å². The van der Waals surface area contributed by atoms with Crippen molar-refractivity contribution in [2.45, 2.75) is 0 Å². The van der Waals surface area contributed by atoms with Gasteiger partial charge in [-0.05, 0) is 30.3 Å². The number of benzene rings is 1. The molecule has 0 saturated carbocycles. The Labute approximate surface area is 86.7 Å². The summed E-state index contributed by atoms with van der Waals surface area (Å²) in [6, 6.07) is 8.67. The zero-order valence-corrected chi connectivity index (χ0v) is 8.23. The molecule has 4 nitrogen and oxygen atoms in total. The molecular formula is C11H10N2O2. The van der Waals surface area contributed by atoms with E-state index < -0.39 is 0 Å². The second-order valence-corrected chi connectivity index (χ2v) is 3.14. The molecule has 0 aliphatic carbocycles. The lowest BCUT2D eigenvalue weighted by molar-refractivity contribution is 0.0601. The van der Waals surface area contributed by atoms with Gasteiger partial charge >= 0.3 is 5.97 Å². The van der Waals surface area contributed by atoms with Gasteiger partial charge < -0.3 is 10.5 Å². The predicted octanol–water partition coefficient (Wildman–Crippen LogP) is 1.60. The number of pyridine rings is 1. The number of carbonyl (C=O) groups excluding carboxylic acids is 1. The molecule has 0 radical (unpaired) electrons. The fourth-order valence-electron chi connectivity index (χ4n) is 1.39. The van der Waals surface area contributed by atoms with Crippen molar-refractivity contribution in [3.63, 3.8) is 0 Å². The van der Waals surface area contributed by atoms with Crippen LogP contribution in [0.25, 0.3) is 10.9 Å². The quantitative estimate of drug-likeness (QED) is 0.713. The highest BCUT2D eigenvalue weighted by Gasteiger charge is 2.05. The van der Waals surface area contributed by atoms with E-state index in [1.807, 2.05) is 6.07 Å². The van der Waals surface area contributed by atoms with Crippen molar-refractivity contribution in [2.24, 2.45) is 0 Å². The highest BCUT2D eigenvalue weighted by Crippen LogP contribution is 2.16. The Balaban J connectivity index is 2.57. The van der Waals surface area contributed by atoms with Crippen LogP contribution in [0.2, 0.25) is 0 Å². The number of nitrogens with two attached hydrogens (primary N) is 1. The first-order chi connectivity index (χ1) is 7.20. The standard InChI is InChI=1S/C11H10N2O2/c1-15-11(14)8-2-4-9-7(6-8)3-5-10(12)13-9/h2-6H,1H3,(H2,12,13). The molecule has 4 heteroatoms. The van der Waals surface area contributed by atoms with Gasteiger partial charge in [0, 0.05) is 5.39 Å². The highest BCUT2D eigenvalue weighted by atomic mass is 16.5. The fraction of sp³-hybridized carbons (Fsp3) is 0.0909. The molecule has 0 aliphatic heterocycles. The van der Waals surface area contributed by atoms with Crippen LogP contribution >= 0.6 is 0 Å². The van der Waals surface area contributed by atoms with Crippen LogP contribution in [0.15, 0.2) is 30.3 Å². The van der Waals surface area contributed by atoms with E-state index in [0.717, 1.165) is 10.9 Å². The van der Waals surface area contributed by atoms with Crippen molar-refractivity contribution in [2.75, 3.05) is 12.8 Å². The molecule has 0 amide bonds. The lowest BCUT2D eigenvalue weighted by atomic mass is 10.1. The van der Waals surface area contributed by atoms with Crippen LogP contribution in [0.3, 0.4) is 0 Å². The van der Waals surface area contributed by atoms with Crippen LogP contribution in [0.5, 0.6) is 0 Å². The van der Waals surface area contributed by atoms with Crippen molar-refractivity contribution in [1.29, 1.82) is 0 Å². The van der Waals surface area contributed by atoms with Crippen molar-refractivity contribution in [3.8, 4) is 0 Å². The Kier molecular flexibility index (Phi) is 2.25. The van der Waals surface area contributed by atoms with E-state index in [1.165, 1.54) is 7.11 Å². The predicted molar refractivity (Wildman–Crippen MR) is 57.5 cm³/mol. The number of esters is 1. The summed E-state index contributed by atoms with van der Waals surface area (Å²) in [4.78, 5) is 15.4. The van der Waals surface area contributed by atoms with Gasteiger partial charge in [0.15, 0.2) is 0 Å². The van der Waals surface area contributed by atoms with Crippen LogP contribution < -0.4 is 5.73 Å². The number of nitrogens with zero attached hydrogens (tertiary/aromatic N) is 1. The zero-order valence-electron chi connectivity index (χ0n) is 8.23. The van der Waals surface area contributed by atoms with Crippen LogP contribution in [0.4, 0.5) is 5.82 Å². The molecule has 15 heavy (non-hydrogen) atoms. The van der Waals surface area contributed by atoms with E-state index in [9.17, 15) is 4.79 Å². The second kappa shape index (κ2) is 3.57. The van der Waals surface area contributed by atoms with Crippen LogP contribution in [-0.2, 0) is 4.74 Å². The summed E-state index contributed by atoms with van der Waals surface area (Å²) in [5.74, 6) is 0.113. The molecular weight excluding hydrogens is 192 g/mol. The molecule has 1 heterocycles. The first-order valence-electron chi connectivity index (χ1n) is 4.45. The molecule has 0 bridgehead atoms. The minimum Gasteiger partial charge on any atom is -0.465 e. The lowest BCUT2D eigenvalue weighted by Gasteiger charge is -2.02. The Hall–Kier alpha value is -2.10. The molecule has 0 unspecified atom stereocenters. The van der Waals surface area contributed by atoms with Gasteiger partial charge in [0.2, 0.25) is 0 Å². The van der Waals surface area contributed by atoms with Gasteiger partial charge in [0.25, 0.3) is 0 Å². The van der Waals surface area contributed by atoms with Crippen molar-refractivity contribution in [1.82, 2.24) is 4.98 Å². The zero-order chi connectivity index (χ0) is 10.8. The Morgan fingerprint density at radius 3 is 2.87 bits per heavy atom. The SMILES string of the molecule is COC(=O)c1ccc2nc(N)ccc2c1. The third kappa shape index (κ3) is 1.74. The summed E-state index contributed by atoms with van der Waals surface area (Å²) >= 11 is 0. The number of carbonyl (C=O) groups is 1. The topological polar surface area (TPSA) is 65.2 Å². The van der Waals surface area contributed by atoms with Crippen molar-refractivity contribution in [3.05, 3.63) is 35.9 Å². The number of anilines is 1. The van der Waals surface area contributed by atoms with Crippen molar-refractivity contribution >= 4 is 22.7 Å². The monoisotopic (exact) mass is 202 g/mol. The summed E-state index contributed by atoms with van der Waals surface area (Å²) < 4.78 is 4.62. The number of ether oxygens (including phenoxy) is 1. The normalized spacial score (nSPS) is 10.2. The van der Waals surface area contributed by atoms with Gasteiger partial charge in [-0.1, -0.05) is 0 Å². The molecule has 2 rings (SSSR count). The van der Waals surface area contributed by atoms with E-state index in [2.05, 4.69) is 9.72 Å². The van der Waals surface area contributed by atoms with E-state index in [1.54, 1.807) is 24.3 Å². The molecule has 2 aromatic rings. The van der Waals surface area contributed by atoms with Gasteiger partial charge in [0.05, 0.1) is 18.2 Å². The Morgan fingerprint density at radius 2 is 2.13 bits per heavy atom. The molecule has 1 aromatic heterocycles. The fourth-order valence-corrected chi connectivity index (χ4v) is 1.39. The van der Waals surface area contributed by atoms with E-state index in [-0.39, 0.29) is 5.97 Å². The lowest BCUT2D eigenvalue weighted by Crippen LogP contribution is -2.00. The molecule has 2 N–H and O–H groups in total. The molecule has 0 aliphatic rings. The minimum absolute atomic E-state index is 0.353. The van der Waals surface area contributed by atoms with Gasteiger partial charge in [-0.25, -0.2) is 9.78 Å². The number of methoxy groups -OCH3 is 1. The number of fused-ring (bicyclic) bond motifs is 1. The van der Waals surface area contributed by atoms with Gasteiger partial charge in [-0.2, -0.15) is 0 Å². The van der Waals surface area contributed by atoms with Crippen LogP contribution in [-0.4, -0.2) is 18.1 Å². The van der Waals surface area contributed by atoms with E-state index in [4.69, 9.17) is 5.73 Å². The summed E-state index contributed by atoms with van der Waals surface area (Å²) in [5.41, 5.74) is 6.82. The number of hydrogen-bond donors (Lipinski definition) is 1. The summed E-state index contributed by atoms with van der Waals surface area (Å²) in [5, 5.41) is 0.868. The van der Waals surface area contributed by atoms with Gasteiger partial charge in [-0.3, -0.25) is 0 Å². The number of aromatic nitrogens is 1. The number of rotatable bonds is 1. The summed E-state index contributed by atoms with van der Waals surface area (Å²) in [6.45, 7) is 0. The average molecular weight is 202 g/mol. The first-order valence-corrected chi connectivity index (χ1v) is 4.45. The minimum atomic E-state index is -0.353. The molecule has 0 spiro atoms. The maximum atomic E-state index is 11.3. The molecule has 0 atom stereocenters. The molecule has 76 valence electrons. The van der Waals surface area contributed by atoms with Gasteiger partial charge in [-0.15, -0.1) is 0 Å². The second-order valence-electron chi connectivity index (χ2n) is 3.14. The number of nitrogen functional groups attached to an aromatic ring is 1. The molecule has 0 fully saturated rings. The summed E-state index contributed by atoms with van der Waals surface area (Å²) in [7, 11) is 1.35. The third-order valence-electron chi connectivity index (χ3n) is 2.13. The average Bonchev–Trinajstić information content (AvgIpc) is 2.27. The molecule has 1 aromatic carbocycles. The van der Waals surface area contributed by atoms with Crippen LogP contribution in [0.1, 0.15) is 10.4 Å². The van der Waals surface area contributed by atoms with Crippen LogP contribution in [0, 0.1) is 0 Å². The summed E-state index contributed by atoms with van der Waals surface area (Å²) in [6.07, 6.45) is 0. The largest absolute Gasteiger partial charge is 0.465 e. The Morgan fingerprint density at radius 1 is 1.33 bits per heavy atom.